The highest BCUT2D eigenvalue weighted by Crippen LogP contribution is 2.28. The lowest BCUT2D eigenvalue weighted by atomic mass is 10.0. The van der Waals surface area contributed by atoms with E-state index in [4.69, 9.17) is 0 Å². The third kappa shape index (κ3) is 1.75. The maximum absolute atomic E-state index is 12.7. The van der Waals surface area contributed by atoms with Crippen molar-refractivity contribution in [2.24, 2.45) is 0 Å². The average Bonchev–Trinajstić information content (AvgIpc) is 2.27. The van der Waals surface area contributed by atoms with E-state index >= 15 is 0 Å². The molecule has 2 rings (SSSR count). The van der Waals surface area contributed by atoms with Gasteiger partial charge in [-0.05, 0) is 22.4 Å². The van der Waals surface area contributed by atoms with Crippen LogP contribution in [0, 0.1) is 0 Å². The van der Waals surface area contributed by atoms with E-state index in [1.807, 2.05) is 12.1 Å². The number of fused-ring (bicyclic) bond motifs is 1. The van der Waals surface area contributed by atoms with Crippen LogP contribution < -0.4 is 0 Å². The Labute approximate surface area is 86.8 Å². The average molecular weight is 204 g/mol. The molecule has 0 atom stereocenters. The first-order valence-electron chi connectivity index (χ1n) is 4.65. The normalized spacial score (nSPS) is 10.9. The van der Waals surface area contributed by atoms with Gasteiger partial charge in [-0.15, -0.1) is 0 Å². The molecule has 0 fully saturated rings. The Bertz CT molecular complexity index is 501. The predicted octanol–water partition coefficient (Wildman–Crippen LogP) is 4.42. The molecule has 76 valence electrons. The minimum atomic E-state index is -2.43. The molecule has 0 amide bonds. The van der Waals surface area contributed by atoms with Gasteiger partial charge in [0.05, 0.1) is 0 Å². The Morgan fingerprint density at radius 1 is 1.13 bits per heavy atom. The van der Waals surface area contributed by atoms with Gasteiger partial charge < -0.3 is 0 Å². The van der Waals surface area contributed by atoms with E-state index in [9.17, 15) is 8.78 Å². The first kappa shape index (κ1) is 9.84. The molecular formula is C13H10F2. The molecule has 0 aliphatic heterocycles. The second-order valence-electron chi connectivity index (χ2n) is 3.33. The molecule has 0 unspecified atom stereocenters. The number of benzene rings is 2. The zero-order valence-corrected chi connectivity index (χ0v) is 8.08. The quantitative estimate of drug-likeness (QED) is 0.679. The Hall–Kier alpha value is -1.70. The summed E-state index contributed by atoms with van der Waals surface area (Å²) >= 11 is 0. The number of halogens is 2. The largest absolute Gasteiger partial charge is 0.264 e. The molecule has 0 bridgehead atoms. The lowest BCUT2D eigenvalue weighted by Crippen LogP contribution is -1.86. The Balaban J connectivity index is 2.72. The van der Waals surface area contributed by atoms with Crippen molar-refractivity contribution in [3.05, 3.63) is 54.1 Å². The van der Waals surface area contributed by atoms with E-state index in [1.165, 1.54) is 6.07 Å². The van der Waals surface area contributed by atoms with Crippen LogP contribution in [0.4, 0.5) is 8.78 Å². The Morgan fingerprint density at radius 3 is 2.60 bits per heavy atom. The Morgan fingerprint density at radius 2 is 1.93 bits per heavy atom. The summed E-state index contributed by atoms with van der Waals surface area (Å²) in [6.07, 6.45) is -0.725. The lowest BCUT2D eigenvalue weighted by Gasteiger charge is -2.05. The highest BCUT2D eigenvalue weighted by atomic mass is 19.3. The van der Waals surface area contributed by atoms with Gasteiger partial charge in [0.1, 0.15) is 0 Å². The molecule has 0 aliphatic rings. The summed E-state index contributed by atoms with van der Waals surface area (Å²) in [5.74, 6) is 0. The minimum absolute atomic E-state index is 0.0862. The zero-order valence-electron chi connectivity index (χ0n) is 8.08. The first-order valence-corrected chi connectivity index (χ1v) is 4.65. The van der Waals surface area contributed by atoms with Crippen LogP contribution in [0.15, 0.2) is 43.0 Å². The van der Waals surface area contributed by atoms with Crippen LogP contribution in [0.2, 0.25) is 0 Å². The lowest BCUT2D eigenvalue weighted by molar-refractivity contribution is 0.153. The number of alkyl halides is 2. The maximum atomic E-state index is 12.7. The second kappa shape index (κ2) is 3.81. The molecule has 0 aromatic heterocycles. The highest BCUT2D eigenvalue weighted by molar-refractivity contribution is 5.87. The topological polar surface area (TPSA) is 0 Å². The summed E-state index contributed by atoms with van der Waals surface area (Å²) in [6.45, 7) is 3.65. The highest BCUT2D eigenvalue weighted by Gasteiger charge is 2.10. The molecule has 2 heteroatoms. The smallest absolute Gasteiger partial charge is 0.205 e. The predicted molar refractivity (Wildman–Crippen MR) is 59.0 cm³/mol. The molecule has 0 spiro atoms. The van der Waals surface area contributed by atoms with Crippen molar-refractivity contribution < 1.29 is 8.78 Å². The second-order valence-corrected chi connectivity index (χ2v) is 3.33. The molecule has 0 saturated heterocycles. The monoisotopic (exact) mass is 204 g/mol. The summed E-state index contributed by atoms with van der Waals surface area (Å²) in [7, 11) is 0. The summed E-state index contributed by atoms with van der Waals surface area (Å²) in [5.41, 5.74) is 1.03. The summed E-state index contributed by atoms with van der Waals surface area (Å²) in [5, 5.41) is 1.43. The van der Waals surface area contributed by atoms with Crippen LogP contribution >= 0.6 is 0 Å². The van der Waals surface area contributed by atoms with Gasteiger partial charge in [0.2, 0.25) is 0 Å². The van der Waals surface area contributed by atoms with Gasteiger partial charge in [-0.1, -0.05) is 43.0 Å². The van der Waals surface area contributed by atoms with Crippen LogP contribution in [0.3, 0.4) is 0 Å². The van der Waals surface area contributed by atoms with Gasteiger partial charge in [-0.25, -0.2) is 8.78 Å². The van der Waals surface area contributed by atoms with Gasteiger partial charge in [0.15, 0.2) is 0 Å². The van der Waals surface area contributed by atoms with E-state index in [-0.39, 0.29) is 5.56 Å². The molecule has 15 heavy (non-hydrogen) atoms. The van der Waals surface area contributed by atoms with Crippen molar-refractivity contribution in [1.82, 2.24) is 0 Å². The van der Waals surface area contributed by atoms with Crippen molar-refractivity contribution in [3.8, 4) is 0 Å². The van der Waals surface area contributed by atoms with Gasteiger partial charge in [0.25, 0.3) is 6.43 Å². The fourth-order valence-electron chi connectivity index (χ4n) is 1.64. The summed E-state index contributed by atoms with van der Waals surface area (Å²) in [4.78, 5) is 0. The molecule has 0 aliphatic carbocycles. The van der Waals surface area contributed by atoms with Crippen LogP contribution in [0.1, 0.15) is 17.6 Å². The van der Waals surface area contributed by atoms with E-state index in [0.29, 0.717) is 5.39 Å². The molecule has 0 heterocycles. The van der Waals surface area contributed by atoms with Crippen molar-refractivity contribution in [1.29, 1.82) is 0 Å². The van der Waals surface area contributed by atoms with Gasteiger partial charge in [-0.3, -0.25) is 0 Å². The van der Waals surface area contributed by atoms with E-state index in [2.05, 4.69) is 6.58 Å². The molecule has 0 N–H and O–H groups in total. The van der Waals surface area contributed by atoms with Crippen molar-refractivity contribution in [2.45, 2.75) is 6.43 Å². The fraction of sp³-hybridized carbons (Fsp3) is 0.0769. The van der Waals surface area contributed by atoms with Gasteiger partial charge in [0, 0.05) is 5.56 Å². The minimum Gasteiger partial charge on any atom is -0.205 e. The standard InChI is InChI=1S/C13H10F2/c1-2-9-6-7-11-10(8-9)4-3-5-12(11)13(14)15/h2-8,13H,1H2. The van der Waals surface area contributed by atoms with Crippen LogP contribution in [0.25, 0.3) is 16.8 Å². The molecule has 2 aromatic rings. The number of hydrogen-bond acceptors (Lipinski definition) is 0. The van der Waals surface area contributed by atoms with E-state index < -0.39 is 6.43 Å². The van der Waals surface area contributed by atoms with Crippen molar-refractivity contribution >= 4 is 16.8 Å². The molecular weight excluding hydrogens is 194 g/mol. The zero-order chi connectivity index (χ0) is 10.8. The molecule has 0 saturated carbocycles. The van der Waals surface area contributed by atoms with Crippen molar-refractivity contribution in [2.75, 3.05) is 0 Å². The van der Waals surface area contributed by atoms with E-state index in [1.54, 1.807) is 24.3 Å². The maximum Gasteiger partial charge on any atom is 0.264 e. The SMILES string of the molecule is C=Cc1ccc2c(C(F)F)cccc2c1. The van der Waals surface area contributed by atoms with Crippen LogP contribution in [-0.2, 0) is 0 Å². The molecule has 0 nitrogen and oxygen atoms in total. The van der Waals surface area contributed by atoms with Crippen molar-refractivity contribution in [3.63, 3.8) is 0 Å². The summed E-state index contributed by atoms with van der Waals surface area (Å²) < 4.78 is 25.3. The first-order chi connectivity index (χ1) is 7.22. The third-order valence-corrected chi connectivity index (χ3v) is 2.41. The summed E-state index contributed by atoms with van der Waals surface area (Å²) in [6, 6.07) is 10.3. The van der Waals surface area contributed by atoms with Crippen LogP contribution in [0.5, 0.6) is 0 Å². The van der Waals surface area contributed by atoms with Gasteiger partial charge in [-0.2, -0.15) is 0 Å². The van der Waals surface area contributed by atoms with Crippen LogP contribution in [-0.4, -0.2) is 0 Å². The Kier molecular flexibility index (Phi) is 2.50. The van der Waals surface area contributed by atoms with E-state index in [0.717, 1.165) is 10.9 Å². The molecule has 2 aromatic carbocycles. The molecule has 0 radical (unpaired) electrons. The fourth-order valence-corrected chi connectivity index (χ4v) is 1.64. The third-order valence-electron chi connectivity index (χ3n) is 2.41. The number of rotatable bonds is 2. The number of hydrogen-bond donors (Lipinski definition) is 0. The van der Waals surface area contributed by atoms with Gasteiger partial charge >= 0.3 is 0 Å².